The Hall–Kier alpha value is -2.33. The van der Waals surface area contributed by atoms with Crippen molar-refractivity contribution < 1.29 is 9.59 Å². The molecule has 0 atom stereocenters. The molecule has 0 aliphatic rings. The topological polar surface area (TPSA) is 49.4 Å². The Morgan fingerprint density at radius 1 is 1.00 bits per heavy atom. The Kier molecular flexibility index (Phi) is 7.03. The molecule has 5 heteroatoms. The fraction of sp³-hybridized carbons (Fsp3) is 0.364. The van der Waals surface area contributed by atoms with Gasteiger partial charge in [-0.2, -0.15) is 0 Å². The SMILES string of the molecule is CN(Cc1ccc(Cl)cc1)C(=O)CCNC(=O)c1ccc(C(C)(C)C)cc1. The van der Waals surface area contributed by atoms with E-state index in [1.165, 1.54) is 5.56 Å². The average molecular weight is 387 g/mol. The van der Waals surface area contributed by atoms with Gasteiger partial charge in [-0.3, -0.25) is 9.59 Å². The van der Waals surface area contributed by atoms with Gasteiger partial charge in [-0.1, -0.05) is 56.6 Å². The van der Waals surface area contributed by atoms with Crippen molar-refractivity contribution in [2.24, 2.45) is 0 Å². The first-order valence-electron chi connectivity index (χ1n) is 9.04. The number of nitrogens with zero attached hydrogens (tertiary/aromatic N) is 1. The van der Waals surface area contributed by atoms with Crippen LogP contribution in [0.5, 0.6) is 0 Å². The Bertz CT molecular complexity index is 777. The number of carbonyl (C=O) groups is 2. The maximum atomic E-state index is 12.2. The summed E-state index contributed by atoms with van der Waals surface area (Å²) in [4.78, 5) is 26.1. The predicted molar refractivity (Wildman–Crippen MR) is 110 cm³/mol. The van der Waals surface area contributed by atoms with Gasteiger partial charge in [0, 0.05) is 37.1 Å². The maximum Gasteiger partial charge on any atom is 0.251 e. The third-order valence-electron chi connectivity index (χ3n) is 4.40. The molecule has 0 fully saturated rings. The lowest BCUT2D eigenvalue weighted by atomic mass is 9.87. The lowest BCUT2D eigenvalue weighted by Gasteiger charge is -2.19. The highest BCUT2D eigenvalue weighted by Crippen LogP contribution is 2.22. The zero-order chi connectivity index (χ0) is 20.0. The summed E-state index contributed by atoms with van der Waals surface area (Å²) in [6.45, 7) is 7.22. The molecule has 0 spiro atoms. The van der Waals surface area contributed by atoms with E-state index in [2.05, 4.69) is 26.1 Å². The van der Waals surface area contributed by atoms with Crippen LogP contribution in [-0.4, -0.2) is 30.3 Å². The van der Waals surface area contributed by atoms with Gasteiger partial charge in [0.1, 0.15) is 0 Å². The van der Waals surface area contributed by atoms with Gasteiger partial charge in [-0.15, -0.1) is 0 Å². The van der Waals surface area contributed by atoms with E-state index in [0.29, 0.717) is 23.7 Å². The van der Waals surface area contributed by atoms with E-state index in [0.717, 1.165) is 5.56 Å². The zero-order valence-electron chi connectivity index (χ0n) is 16.4. The van der Waals surface area contributed by atoms with Crippen LogP contribution in [0.1, 0.15) is 48.7 Å². The van der Waals surface area contributed by atoms with Crippen molar-refractivity contribution in [1.29, 1.82) is 0 Å². The molecular formula is C22H27ClN2O2. The van der Waals surface area contributed by atoms with E-state index in [1.54, 1.807) is 24.1 Å². The molecule has 0 aliphatic carbocycles. The Morgan fingerprint density at radius 2 is 1.59 bits per heavy atom. The molecule has 2 aromatic carbocycles. The van der Waals surface area contributed by atoms with Crippen molar-refractivity contribution in [3.05, 3.63) is 70.2 Å². The molecule has 0 saturated heterocycles. The van der Waals surface area contributed by atoms with Crippen molar-refractivity contribution in [1.82, 2.24) is 10.2 Å². The van der Waals surface area contributed by atoms with E-state index in [4.69, 9.17) is 11.6 Å². The van der Waals surface area contributed by atoms with E-state index in [-0.39, 0.29) is 23.7 Å². The molecule has 0 unspecified atom stereocenters. The number of hydrogen-bond donors (Lipinski definition) is 1. The van der Waals surface area contributed by atoms with Gasteiger partial charge in [0.05, 0.1) is 0 Å². The molecule has 2 amide bonds. The highest BCUT2D eigenvalue weighted by Gasteiger charge is 2.15. The summed E-state index contributed by atoms with van der Waals surface area (Å²) in [5.74, 6) is -0.183. The van der Waals surface area contributed by atoms with Crippen LogP contribution in [0, 0.1) is 0 Å². The molecule has 0 bridgehead atoms. The minimum absolute atomic E-state index is 0.0201. The molecular weight excluding hydrogens is 360 g/mol. The smallest absolute Gasteiger partial charge is 0.251 e. The largest absolute Gasteiger partial charge is 0.352 e. The van der Waals surface area contributed by atoms with Gasteiger partial charge in [-0.05, 0) is 40.8 Å². The maximum absolute atomic E-state index is 12.2. The second-order valence-corrected chi connectivity index (χ2v) is 8.15. The zero-order valence-corrected chi connectivity index (χ0v) is 17.1. The fourth-order valence-electron chi connectivity index (χ4n) is 2.65. The molecule has 144 valence electrons. The molecule has 0 saturated carbocycles. The van der Waals surface area contributed by atoms with E-state index in [1.807, 2.05) is 36.4 Å². The summed E-state index contributed by atoms with van der Waals surface area (Å²) < 4.78 is 0. The third-order valence-corrected chi connectivity index (χ3v) is 4.65. The van der Waals surface area contributed by atoms with Crippen molar-refractivity contribution in [2.75, 3.05) is 13.6 Å². The van der Waals surface area contributed by atoms with Crippen molar-refractivity contribution in [2.45, 2.75) is 39.2 Å². The Morgan fingerprint density at radius 3 is 2.15 bits per heavy atom. The second-order valence-electron chi connectivity index (χ2n) is 7.71. The molecule has 0 radical (unpaired) electrons. The van der Waals surface area contributed by atoms with Crippen LogP contribution < -0.4 is 5.32 Å². The average Bonchev–Trinajstić information content (AvgIpc) is 2.62. The number of carbonyl (C=O) groups excluding carboxylic acids is 2. The number of rotatable bonds is 6. The van der Waals surface area contributed by atoms with Crippen LogP contribution in [0.3, 0.4) is 0 Å². The van der Waals surface area contributed by atoms with Gasteiger partial charge in [0.15, 0.2) is 0 Å². The minimum atomic E-state index is -0.163. The fourth-order valence-corrected chi connectivity index (χ4v) is 2.78. The number of benzene rings is 2. The minimum Gasteiger partial charge on any atom is -0.352 e. The number of nitrogens with one attached hydrogen (secondary N) is 1. The highest BCUT2D eigenvalue weighted by molar-refractivity contribution is 6.30. The van der Waals surface area contributed by atoms with Crippen LogP contribution >= 0.6 is 11.6 Å². The quantitative estimate of drug-likeness (QED) is 0.799. The standard InChI is InChI=1S/C22H27ClN2O2/c1-22(2,3)18-9-7-17(8-10-18)21(27)24-14-13-20(26)25(4)15-16-5-11-19(23)12-6-16/h5-12H,13-15H2,1-4H3,(H,24,27). The summed E-state index contributed by atoms with van der Waals surface area (Å²) in [6, 6.07) is 15.0. The molecule has 0 heterocycles. The van der Waals surface area contributed by atoms with E-state index in [9.17, 15) is 9.59 Å². The third kappa shape index (κ3) is 6.40. The first-order valence-corrected chi connectivity index (χ1v) is 9.42. The summed E-state index contributed by atoms with van der Waals surface area (Å²) in [5, 5.41) is 3.48. The van der Waals surface area contributed by atoms with Crippen molar-refractivity contribution in [3.63, 3.8) is 0 Å². The predicted octanol–water partition coefficient (Wildman–Crippen LogP) is 4.42. The number of hydrogen-bond acceptors (Lipinski definition) is 2. The van der Waals surface area contributed by atoms with Gasteiger partial charge in [0.25, 0.3) is 5.91 Å². The number of amides is 2. The molecule has 0 aliphatic heterocycles. The normalized spacial score (nSPS) is 11.1. The lowest BCUT2D eigenvalue weighted by molar-refractivity contribution is -0.130. The molecule has 2 aromatic rings. The van der Waals surface area contributed by atoms with E-state index < -0.39 is 0 Å². The van der Waals surface area contributed by atoms with E-state index >= 15 is 0 Å². The molecule has 27 heavy (non-hydrogen) atoms. The molecule has 0 aromatic heterocycles. The monoisotopic (exact) mass is 386 g/mol. The first kappa shape index (κ1) is 21.0. The van der Waals surface area contributed by atoms with Crippen LogP contribution in [0.15, 0.2) is 48.5 Å². The van der Waals surface area contributed by atoms with Crippen molar-refractivity contribution in [3.8, 4) is 0 Å². The first-order chi connectivity index (χ1) is 12.7. The molecule has 1 N–H and O–H groups in total. The summed E-state index contributed by atoms with van der Waals surface area (Å²) in [5.41, 5.74) is 2.84. The summed E-state index contributed by atoms with van der Waals surface area (Å²) >= 11 is 5.87. The van der Waals surface area contributed by atoms with Gasteiger partial charge < -0.3 is 10.2 Å². The Labute approximate surface area is 166 Å². The second kappa shape index (κ2) is 9.05. The number of halogens is 1. The van der Waals surface area contributed by atoms with Gasteiger partial charge in [0.2, 0.25) is 5.91 Å². The Balaban J connectivity index is 1.79. The van der Waals surface area contributed by atoms with Gasteiger partial charge in [-0.25, -0.2) is 0 Å². The summed E-state index contributed by atoms with van der Waals surface area (Å²) in [7, 11) is 1.75. The van der Waals surface area contributed by atoms with Crippen LogP contribution in [-0.2, 0) is 16.8 Å². The van der Waals surface area contributed by atoms with Crippen LogP contribution in [0.2, 0.25) is 5.02 Å². The molecule has 2 rings (SSSR count). The summed E-state index contributed by atoms with van der Waals surface area (Å²) in [6.07, 6.45) is 0.260. The van der Waals surface area contributed by atoms with Gasteiger partial charge >= 0.3 is 0 Å². The van der Waals surface area contributed by atoms with Crippen LogP contribution in [0.25, 0.3) is 0 Å². The molecule has 4 nitrogen and oxygen atoms in total. The highest BCUT2D eigenvalue weighted by atomic mass is 35.5. The van der Waals surface area contributed by atoms with Crippen molar-refractivity contribution >= 4 is 23.4 Å². The lowest BCUT2D eigenvalue weighted by Crippen LogP contribution is -2.31. The van der Waals surface area contributed by atoms with Crippen LogP contribution in [0.4, 0.5) is 0 Å².